The van der Waals surface area contributed by atoms with E-state index in [0.717, 1.165) is 23.6 Å². The molecule has 2 aromatic rings. The van der Waals surface area contributed by atoms with Gasteiger partial charge in [-0.25, -0.2) is 0 Å². The molecule has 2 aliphatic rings. The number of carbonyl (C=O) groups excluding carboxylic acids is 1. The van der Waals surface area contributed by atoms with Crippen LogP contribution in [0.25, 0.3) is 0 Å². The lowest BCUT2D eigenvalue weighted by Crippen LogP contribution is -2.45. The molecule has 2 fully saturated rings. The number of aromatic nitrogens is 2. The molecule has 1 saturated heterocycles. The zero-order chi connectivity index (χ0) is 20.6. The highest BCUT2D eigenvalue weighted by Crippen LogP contribution is 2.40. The molecule has 0 spiro atoms. The lowest BCUT2D eigenvalue weighted by Gasteiger charge is -2.38. The van der Waals surface area contributed by atoms with E-state index in [2.05, 4.69) is 38.2 Å². The SMILES string of the molecule is CC(C)(C)n1nc(C2CC2)cc1C(=O)NCC1(c2ccc(Cl)cc2)CCOCC1. The van der Waals surface area contributed by atoms with E-state index in [9.17, 15) is 4.79 Å². The first-order chi connectivity index (χ1) is 13.8. The predicted molar refractivity (Wildman–Crippen MR) is 115 cm³/mol. The van der Waals surface area contributed by atoms with Crippen molar-refractivity contribution in [1.82, 2.24) is 15.1 Å². The van der Waals surface area contributed by atoms with Crippen LogP contribution < -0.4 is 5.32 Å². The minimum atomic E-state index is -0.244. The number of halogens is 1. The van der Waals surface area contributed by atoms with Crippen LogP contribution in [0.1, 0.15) is 74.1 Å². The molecule has 1 aliphatic carbocycles. The minimum absolute atomic E-state index is 0.0563. The van der Waals surface area contributed by atoms with Gasteiger partial charge in [0.15, 0.2) is 0 Å². The van der Waals surface area contributed by atoms with Gasteiger partial charge in [0, 0.05) is 36.1 Å². The first-order valence-electron chi connectivity index (χ1n) is 10.5. The van der Waals surface area contributed by atoms with Crippen LogP contribution >= 0.6 is 11.6 Å². The molecule has 0 atom stereocenters. The van der Waals surface area contributed by atoms with Gasteiger partial charge in [0.25, 0.3) is 5.91 Å². The number of carbonyl (C=O) groups is 1. The van der Waals surface area contributed by atoms with Crippen molar-refractivity contribution in [2.45, 2.75) is 63.3 Å². The second kappa shape index (κ2) is 7.77. The third kappa shape index (κ3) is 4.36. The van der Waals surface area contributed by atoms with Gasteiger partial charge >= 0.3 is 0 Å². The van der Waals surface area contributed by atoms with E-state index in [1.165, 1.54) is 18.4 Å². The highest BCUT2D eigenvalue weighted by molar-refractivity contribution is 6.30. The molecule has 0 bridgehead atoms. The topological polar surface area (TPSA) is 56.2 Å². The Bertz CT molecular complexity index is 873. The van der Waals surface area contributed by atoms with Crippen molar-refractivity contribution in [2.75, 3.05) is 19.8 Å². The molecule has 1 aromatic heterocycles. The van der Waals surface area contributed by atoms with Crippen molar-refractivity contribution in [3.63, 3.8) is 0 Å². The van der Waals surface area contributed by atoms with Crippen LogP contribution in [0, 0.1) is 0 Å². The smallest absolute Gasteiger partial charge is 0.269 e. The first kappa shape index (κ1) is 20.4. The summed E-state index contributed by atoms with van der Waals surface area (Å²) in [5.74, 6) is 0.459. The third-order valence-corrected chi connectivity index (χ3v) is 6.34. The Morgan fingerprint density at radius 2 is 1.90 bits per heavy atom. The maximum absolute atomic E-state index is 13.2. The Labute approximate surface area is 177 Å². The molecule has 1 aliphatic heterocycles. The molecular weight excluding hydrogens is 386 g/mol. The van der Waals surface area contributed by atoms with E-state index in [0.29, 0.717) is 31.4 Å². The highest BCUT2D eigenvalue weighted by atomic mass is 35.5. The van der Waals surface area contributed by atoms with Gasteiger partial charge in [-0.3, -0.25) is 9.48 Å². The molecule has 6 heteroatoms. The molecule has 0 unspecified atom stereocenters. The molecule has 4 rings (SSSR count). The fraction of sp³-hybridized carbons (Fsp3) is 0.565. The van der Waals surface area contributed by atoms with Crippen LogP contribution in [0.3, 0.4) is 0 Å². The average Bonchev–Trinajstić information content (AvgIpc) is 3.44. The summed E-state index contributed by atoms with van der Waals surface area (Å²) < 4.78 is 7.49. The van der Waals surface area contributed by atoms with E-state index in [1.54, 1.807) is 0 Å². The Hall–Kier alpha value is -1.85. The number of nitrogens with zero attached hydrogens (tertiary/aromatic N) is 2. The number of benzene rings is 1. The Morgan fingerprint density at radius 1 is 1.24 bits per heavy atom. The maximum Gasteiger partial charge on any atom is 0.269 e. The number of hydrogen-bond acceptors (Lipinski definition) is 3. The quantitative estimate of drug-likeness (QED) is 0.773. The summed E-state index contributed by atoms with van der Waals surface area (Å²) in [7, 11) is 0. The standard InChI is InChI=1S/C23H30ClN3O2/c1-22(2,3)27-20(14-19(26-27)16-4-5-16)21(28)25-15-23(10-12-29-13-11-23)17-6-8-18(24)9-7-17/h6-9,14,16H,4-5,10-13,15H2,1-3H3,(H,25,28). The monoisotopic (exact) mass is 415 g/mol. The first-order valence-corrected chi connectivity index (χ1v) is 10.9. The fourth-order valence-corrected chi connectivity index (χ4v) is 4.25. The van der Waals surface area contributed by atoms with Crippen molar-refractivity contribution in [2.24, 2.45) is 0 Å². The van der Waals surface area contributed by atoms with E-state index in [4.69, 9.17) is 21.4 Å². The molecule has 0 radical (unpaired) electrons. The minimum Gasteiger partial charge on any atom is -0.381 e. The zero-order valence-corrected chi connectivity index (χ0v) is 18.3. The molecule has 1 amide bonds. The van der Waals surface area contributed by atoms with Crippen LogP contribution in [0.15, 0.2) is 30.3 Å². The lowest BCUT2D eigenvalue weighted by molar-refractivity contribution is 0.0485. The molecule has 1 saturated carbocycles. The second-order valence-electron chi connectivity index (χ2n) is 9.39. The molecule has 2 heterocycles. The molecule has 29 heavy (non-hydrogen) atoms. The summed E-state index contributed by atoms with van der Waals surface area (Å²) in [4.78, 5) is 13.2. The molecular formula is C23H30ClN3O2. The van der Waals surface area contributed by atoms with Crippen molar-refractivity contribution in [3.05, 3.63) is 52.3 Å². The van der Waals surface area contributed by atoms with Crippen molar-refractivity contribution >= 4 is 17.5 Å². The summed E-state index contributed by atoms with van der Waals surface area (Å²) in [6, 6.07) is 9.98. The molecule has 5 nitrogen and oxygen atoms in total. The van der Waals surface area contributed by atoms with Crippen molar-refractivity contribution in [1.29, 1.82) is 0 Å². The number of ether oxygens (including phenoxy) is 1. The third-order valence-electron chi connectivity index (χ3n) is 6.09. The van der Waals surface area contributed by atoms with Gasteiger partial charge < -0.3 is 10.1 Å². The van der Waals surface area contributed by atoms with Crippen LogP contribution in [0.5, 0.6) is 0 Å². The van der Waals surface area contributed by atoms with E-state index in [1.807, 2.05) is 22.9 Å². The molecule has 156 valence electrons. The summed E-state index contributed by atoms with van der Waals surface area (Å²) in [6.07, 6.45) is 4.09. The largest absolute Gasteiger partial charge is 0.381 e. The van der Waals surface area contributed by atoms with Gasteiger partial charge in [-0.05, 0) is 70.2 Å². The summed E-state index contributed by atoms with van der Waals surface area (Å²) >= 11 is 6.09. The van der Waals surface area contributed by atoms with E-state index in [-0.39, 0.29) is 16.9 Å². The number of rotatable bonds is 5. The molecule has 1 aromatic carbocycles. The fourth-order valence-electron chi connectivity index (χ4n) is 4.12. The number of nitrogens with one attached hydrogen (secondary N) is 1. The second-order valence-corrected chi connectivity index (χ2v) is 9.83. The average molecular weight is 416 g/mol. The summed E-state index contributed by atoms with van der Waals surface area (Å²) in [5, 5.41) is 8.71. The maximum atomic E-state index is 13.2. The summed E-state index contributed by atoms with van der Waals surface area (Å²) in [5.41, 5.74) is 2.52. The highest BCUT2D eigenvalue weighted by Gasteiger charge is 2.36. The van der Waals surface area contributed by atoms with Gasteiger partial charge in [0.2, 0.25) is 0 Å². The number of amides is 1. The van der Waals surface area contributed by atoms with E-state index < -0.39 is 0 Å². The van der Waals surface area contributed by atoms with Gasteiger partial charge in [-0.15, -0.1) is 0 Å². The van der Waals surface area contributed by atoms with E-state index >= 15 is 0 Å². The van der Waals surface area contributed by atoms with Gasteiger partial charge in [-0.1, -0.05) is 23.7 Å². The Balaban J connectivity index is 1.56. The van der Waals surface area contributed by atoms with Crippen LogP contribution in [-0.2, 0) is 15.7 Å². The van der Waals surface area contributed by atoms with Gasteiger partial charge in [0.05, 0.1) is 11.2 Å². The van der Waals surface area contributed by atoms with Gasteiger partial charge in [-0.2, -0.15) is 5.10 Å². The zero-order valence-electron chi connectivity index (χ0n) is 17.5. The Morgan fingerprint density at radius 3 is 2.48 bits per heavy atom. The van der Waals surface area contributed by atoms with Crippen LogP contribution in [0.4, 0.5) is 0 Å². The lowest BCUT2D eigenvalue weighted by atomic mass is 9.74. The van der Waals surface area contributed by atoms with Crippen LogP contribution in [-0.4, -0.2) is 35.4 Å². The van der Waals surface area contributed by atoms with Crippen LogP contribution in [0.2, 0.25) is 5.02 Å². The van der Waals surface area contributed by atoms with Gasteiger partial charge in [0.1, 0.15) is 5.69 Å². The molecule has 1 N–H and O–H groups in total. The summed E-state index contributed by atoms with van der Waals surface area (Å²) in [6.45, 7) is 8.23. The number of hydrogen-bond donors (Lipinski definition) is 1. The van der Waals surface area contributed by atoms with Crippen molar-refractivity contribution < 1.29 is 9.53 Å². The predicted octanol–water partition coefficient (Wildman–Crippen LogP) is 4.65. The van der Waals surface area contributed by atoms with Crippen molar-refractivity contribution in [3.8, 4) is 0 Å². The Kier molecular flexibility index (Phi) is 5.47. The normalized spacial score (nSPS) is 19.2.